The van der Waals surface area contributed by atoms with Gasteiger partial charge in [-0.2, -0.15) is 0 Å². The number of pyridine rings is 1. The first-order chi connectivity index (χ1) is 8.06. The van der Waals surface area contributed by atoms with E-state index in [1.807, 2.05) is 26.8 Å². The Morgan fingerprint density at radius 2 is 2.00 bits per heavy atom. The van der Waals surface area contributed by atoms with E-state index in [1.54, 1.807) is 4.57 Å². The fourth-order valence-electron chi connectivity index (χ4n) is 1.88. The van der Waals surface area contributed by atoms with Crippen LogP contribution in [0.15, 0.2) is 29.6 Å². The molecule has 0 amide bonds. The van der Waals surface area contributed by atoms with Crippen LogP contribution in [0.25, 0.3) is 5.57 Å². The van der Waals surface area contributed by atoms with Crippen LogP contribution in [0.4, 0.5) is 0 Å². The number of aryl methyl sites for hydroxylation is 1. The maximum Gasteiger partial charge on any atom is 0.257 e. The summed E-state index contributed by atoms with van der Waals surface area (Å²) in [4.78, 5) is 11.9. The molecule has 0 saturated carbocycles. The number of nitrogens with zero attached hydrogens (tertiary/aromatic N) is 1. The van der Waals surface area contributed by atoms with E-state index < -0.39 is 0 Å². The molecule has 17 heavy (non-hydrogen) atoms. The van der Waals surface area contributed by atoms with Crippen molar-refractivity contribution in [2.75, 3.05) is 0 Å². The molecule has 1 aromatic heterocycles. The van der Waals surface area contributed by atoms with Crippen LogP contribution in [0.3, 0.4) is 0 Å². The Bertz CT molecular complexity index is 524. The predicted molar refractivity (Wildman–Crippen MR) is 70.9 cm³/mol. The van der Waals surface area contributed by atoms with Crippen LogP contribution in [-0.4, -0.2) is 9.67 Å². The summed E-state index contributed by atoms with van der Waals surface area (Å²) in [6.07, 6.45) is 0. The third-order valence-corrected chi connectivity index (χ3v) is 2.87. The SMILES string of the molecule is C=C1Cn2c(cc(C)c(CO)c2=O)C1=C.CC. The maximum absolute atomic E-state index is 11.9. The summed E-state index contributed by atoms with van der Waals surface area (Å²) in [6, 6.07) is 1.88. The van der Waals surface area contributed by atoms with E-state index in [4.69, 9.17) is 5.11 Å². The summed E-state index contributed by atoms with van der Waals surface area (Å²) in [5.74, 6) is 0. The molecule has 0 atom stereocenters. The van der Waals surface area contributed by atoms with Crippen molar-refractivity contribution in [3.05, 3.63) is 52.0 Å². The summed E-state index contributed by atoms with van der Waals surface area (Å²) in [5, 5.41) is 9.10. The number of rotatable bonds is 1. The number of hydrogen-bond acceptors (Lipinski definition) is 2. The smallest absolute Gasteiger partial charge is 0.257 e. The molecule has 2 heterocycles. The molecule has 0 bridgehead atoms. The Labute approximate surface area is 102 Å². The van der Waals surface area contributed by atoms with Gasteiger partial charge in [0, 0.05) is 5.56 Å². The minimum atomic E-state index is -0.218. The second kappa shape index (κ2) is 5.15. The Kier molecular flexibility index (Phi) is 4.07. The lowest BCUT2D eigenvalue weighted by molar-refractivity contribution is 0.278. The van der Waals surface area contributed by atoms with Gasteiger partial charge in [-0.25, -0.2) is 0 Å². The maximum atomic E-state index is 11.9. The van der Waals surface area contributed by atoms with Crippen molar-refractivity contribution in [3.63, 3.8) is 0 Å². The molecule has 3 nitrogen and oxygen atoms in total. The molecule has 1 N–H and O–H groups in total. The summed E-state index contributed by atoms with van der Waals surface area (Å²) in [5.41, 5.74) is 3.64. The highest BCUT2D eigenvalue weighted by molar-refractivity contribution is 5.78. The van der Waals surface area contributed by atoms with Crippen LogP contribution < -0.4 is 5.56 Å². The van der Waals surface area contributed by atoms with Crippen LogP contribution in [0, 0.1) is 6.92 Å². The number of aromatic nitrogens is 1. The Morgan fingerprint density at radius 3 is 2.53 bits per heavy atom. The van der Waals surface area contributed by atoms with E-state index in [2.05, 4.69) is 13.2 Å². The predicted octanol–water partition coefficient (Wildman–Crippen LogP) is 2.26. The third kappa shape index (κ3) is 2.11. The molecule has 1 aromatic rings. The standard InChI is InChI=1S/C12H13NO2.C2H6/c1-7-4-11-9(3)8(2)5-13(11)12(15)10(7)6-14;1-2/h4,14H,2-3,5-6H2,1H3;1-2H3. The third-order valence-electron chi connectivity index (χ3n) is 2.87. The van der Waals surface area contributed by atoms with Crippen LogP contribution in [0.2, 0.25) is 0 Å². The van der Waals surface area contributed by atoms with Crippen molar-refractivity contribution in [1.29, 1.82) is 0 Å². The molecule has 2 rings (SSSR count). The fraction of sp³-hybridized carbons (Fsp3) is 0.357. The van der Waals surface area contributed by atoms with Gasteiger partial charge in [0.25, 0.3) is 5.56 Å². The van der Waals surface area contributed by atoms with E-state index in [0.717, 1.165) is 22.4 Å². The molecule has 0 spiro atoms. The second-order valence-electron chi connectivity index (χ2n) is 3.82. The quantitative estimate of drug-likeness (QED) is 0.808. The highest BCUT2D eigenvalue weighted by Gasteiger charge is 2.21. The van der Waals surface area contributed by atoms with Gasteiger partial charge in [-0.15, -0.1) is 0 Å². The number of aliphatic hydroxyl groups excluding tert-OH is 1. The lowest BCUT2D eigenvalue weighted by atomic mass is 10.1. The first kappa shape index (κ1) is 13.5. The Hall–Kier alpha value is -1.61. The lowest BCUT2D eigenvalue weighted by Crippen LogP contribution is -2.24. The van der Waals surface area contributed by atoms with Gasteiger partial charge in [0.1, 0.15) is 0 Å². The molecule has 0 saturated heterocycles. The van der Waals surface area contributed by atoms with Crippen LogP contribution in [0.1, 0.15) is 30.7 Å². The van der Waals surface area contributed by atoms with Gasteiger partial charge in [-0.05, 0) is 29.7 Å². The second-order valence-corrected chi connectivity index (χ2v) is 3.82. The highest BCUT2D eigenvalue weighted by Crippen LogP contribution is 2.28. The van der Waals surface area contributed by atoms with Crippen molar-refractivity contribution in [3.8, 4) is 0 Å². The average molecular weight is 233 g/mol. The van der Waals surface area contributed by atoms with Crippen molar-refractivity contribution in [2.45, 2.75) is 33.9 Å². The van der Waals surface area contributed by atoms with Crippen LogP contribution in [0.5, 0.6) is 0 Å². The van der Waals surface area contributed by atoms with Gasteiger partial charge in [-0.3, -0.25) is 4.79 Å². The van der Waals surface area contributed by atoms with Crippen molar-refractivity contribution >= 4 is 5.57 Å². The van der Waals surface area contributed by atoms with Gasteiger partial charge in [0.2, 0.25) is 0 Å². The van der Waals surface area contributed by atoms with Crippen molar-refractivity contribution < 1.29 is 5.11 Å². The van der Waals surface area contributed by atoms with Gasteiger partial charge in [0.05, 0.1) is 18.8 Å². The molecule has 0 radical (unpaired) electrons. The lowest BCUT2D eigenvalue weighted by Gasteiger charge is -2.07. The topological polar surface area (TPSA) is 42.2 Å². The number of allylic oxidation sites excluding steroid dienone is 2. The van der Waals surface area contributed by atoms with Crippen molar-refractivity contribution in [2.24, 2.45) is 0 Å². The van der Waals surface area contributed by atoms with E-state index in [1.165, 1.54) is 0 Å². The van der Waals surface area contributed by atoms with Gasteiger partial charge in [0.15, 0.2) is 0 Å². The summed E-state index contributed by atoms with van der Waals surface area (Å²) in [6.45, 7) is 13.8. The van der Waals surface area contributed by atoms with Crippen LogP contribution >= 0.6 is 0 Å². The molecule has 0 unspecified atom stereocenters. The molecule has 92 valence electrons. The van der Waals surface area contributed by atoms with Gasteiger partial charge in [-0.1, -0.05) is 27.0 Å². The largest absolute Gasteiger partial charge is 0.391 e. The zero-order chi connectivity index (χ0) is 13.2. The normalized spacial score (nSPS) is 13.2. The molecule has 0 fully saturated rings. The molecular weight excluding hydrogens is 214 g/mol. The first-order valence-electron chi connectivity index (χ1n) is 5.78. The molecule has 0 aromatic carbocycles. The number of fused-ring (bicyclic) bond motifs is 1. The minimum Gasteiger partial charge on any atom is -0.391 e. The monoisotopic (exact) mass is 233 g/mol. The highest BCUT2D eigenvalue weighted by atomic mass is 16.3. The van der Waals surface area contributed by atoms with Crippen LogP contribution in [-0.2, 0) is 13.2 Å². The molecular formula is C14H19NO2. The van der Waals surface area contributed by atoms with Gasteiger partial charge >= 0.3 is 0 Å². The Morgan fingerprint density at radius 1 is 1.41 bits per heavy atom. The first-order valence-corrected chi connectivity index (χ1v) is 5.78. The van der Waals surface area contributed by atoms with E-state index in [0.29, 0.717) is 12.1 Å². The summed E-state index contributed by atoms with van der Waals surface area (Å²) >= 11 is 0. The Balaban J connectivity index is 0.000000686. The van der Waals surface area contributed by atoms with E-state index >= 15 is 0 Å². The van der Waals surface area contributed by atoms with Gasteiger partial charge < -0.3 is 9.67 Å². The summed E-state index contributed by atoms with van der Waals surface area (Å²) in [7, 11) is 0. The zero-order valence-electron chi connectivity index (χ0n) is 10.7. The average Bonchev–Trinajstić information content (AvgIpc) is 2.60. The number of hydrogen-bond donors (Lipinski definition) is 1. The van der Waals surface area contributed by atoms with E-state index in [9.17, 15) is 4.79 Å². The molecule has 0 aliphatic carbocycles. The molecule has 1 aliphatic heterocycles. The molecule has 3 heteroatoms. The zero-order valence-corrected chi connectivity index (χ0v) is 10.7. The minimum absolute atomic E-state index is 0.132. The number of aliphatic hydroxyl groups is 1. The summed E-state index contributed by atoms with van der Waals surface area (Å²) < 4.78 is 1.61. The fourth-order valence-corrected chi connectivity index (χ4v) is 1.88. The van der Waals surface area contributed by atoms with E-state index in [-0.39, 0.29) is 12.2 Å². The molecule has 1 aliphatic rings. The van der Waals surface area contributed by atoms with Crippen molar-refractivity contribution in [1.82, 2.24) is 4.57 Å².